The Hall–Kier alpha value is -3.00. The first kappa shape index (κ1) is 19.3. The predicted octanol–water partition coefficient (Wildman–Crippen LogP) is 2.69. The van der Waals surface area contributed by atoms with Gasteiger partial charge in [0.25, 0.3) is 10.0 Å². The molecule has 2 aliphatic heterocycles. The summed E-state index contributed by atoms with van der Waals surface area (Å²) in [7, 11) is -3.68. The number of amides is 1. The molecule has 4 rings (SSSR count). The standard InChI is InChI=1S/C21H21N3O4S/c1-14(25)15-8-10-17(11-9-15)22-21(26)16-5-4-12-24(13-16)20-18-6-2-3-7-19(18)29(27,28)23-20/h2-3,6-11,16H,4-5,12-13H2,1H3,(H,22,26)/t16-/m1/s1. The molecule has 0 spiro atoms. The van der Waals surface area contributed by atoms with Crippen molar-refractivity contribution in [1.82, 2.24) is 4.90 Å². The number of nitrogens with zero attached hydrogens (tertiary/aromatic N) is 2. The van der Waals surface area contributed by atoms with Gasteiger partial charge in [0.1, 0.15) is 4.90 Å². The van der Waals surface area contributed by atoms with Crippen LogP contribution in [0.5, 0.6) is 0 Å². The van der Waals surface area contributed by atoms with Crippen molar-refractivity contribution in [3.05, 3.63) is 59.7 Å². The summed E-state index contributed by atoms with van der Waals surface area (Å²) in [5, 5.41) is 2.89. The lowest BCUT2D eigenvalue weighted by Crippen LogP contribution is -2.43. The third-order valence-corrected chi connectivity index (χ3v) is 6.59. The molecule has 2 aliphatic rings. The first-order chi connectivity index (χ1) is 13.8. The van der Waals surface area contributed by atoms with Crippen LogP contribution in [0.3, 0.4) is 0 Å². The number of sulfonamides is 1. The molecule has 7 nitrogen and oxygen atoms in total. The van der Waals surface area contributed by atoms with Gasteiger partial charge in [-0.3, -0.25) is 9.59 Å². The molecule has 150 valence electrons. The normalized spacial score (nSPS) is 20.0. The van der Waals surface area contributed by atoms with Gasteiger partial charge in [0.2, 0.25) is 5.91 Å². The number of hydrogen-bond donors (Lipinski definition) is 1. The van der Waals surface area contributed by atoms with E-state index < -0.39 is 10.0 Å². The highest BCUT2D eigenvalue weighted by Crippen LogP contribution is 2.30. The summed E-state index contributed by atoms with van der Waals surface area (Å²) < 4.78 is 28.6. The van der Waals surface area contributed by atoms with Crippen molar-refractivity contribution in [2.24, 2.45) is 10.3 Å². The Balaban J connectivity index is 1.49. The molecule has 2 aromatic carbocycles. The molecular formula is C21H21N3O4S. The third-order valence-electron chi connectivity index (χ3n) is 5.26. The van der Waals surface area contributed by atoms with Crippen LogP contribution in [0.2, 0.25) is 0 Å². The lowest BCUT2D eigenvalue weighted by atomic mass is 9.96. The molecular weight excluding hydrogens is 390 g/mol. The maximum Gasteiger partial charge on any atom is 0.285 e. The predicted molar refractivity (Wildman–Crippen MR) is 110 cm³/mol. The van der Waals surface area contributed by atoms with Crippen molar-refractivity contribution in [1.29, 1.82) is 0 Å². The molecule has 1 N–H and O–H groups in total. The van der Waals surface area contributed by atoms with Crippen LogP contribution in [0.25, 0.3) is 0 Å². The van der Waals surface area contributed by atoms with Gasteiger partial charge in [-0.1, -0.05) is 12.1 Å². The summed E-state index contributed by atoms with van der Waals surface area (Å²) in [4.78, 5) is 26.2. The summed E-state index contributed by atoms with van der Waals surface area (Å²) in [6.07, 6.45) is 1.48. The van der Waals surface area contributed by atoms with E-state index in [0.717, 1.165) is 12.8 Å². The number of likely N-dealkylation sites (tertiary alicyclic amines) is 1. The minimum absolute atomic E-state index is 0.0293. The smallest absolute Gasteiger partial charge is 0.285 e. The van der Waals surface area contributed by atoms with E-state index >= 15 is 0 Å². The number of carbonyl (C=O) groups is 2. The number of piperidine rings is 1. The van der Waals surface area contributed by atoms with Gasteiger partial charge in [-0.15, -0.1) is 4.40 Å². The van der Waals surface area contributed by atoms with Crippen molar-refractivity contribution in [2.75, 3.05) is 18.4 Å². The Labute approximate surface area is 169 Å². The maximum absolute atomic E-state index is 12.8. The molecule has 29 heavy (non-hydrogen) atoms. The number of Topliss-reactive ketones (excluding diaryl/α,β-unsaturated/α-hetero) is 1. The number of rotatable bonds is 3. The molecule has 0 radical (unpaired) electrons. The Morgan fingerprint density at radius 3 is 2.55 bits per heavy atom. The fourth-order valence-corrected chi connectivity index (χ4v) is 4.96. The minimum atomic E-state index is -3.68. The number of carbonyl (C=O) groups excluding carboxylic acids is 2. The van der Waals surface area contributed by atoms with E-state index in [2.05, 4.69) is 9.71 Å². The van der Waals surface area contributed by atoms with Gasteiger partial charge in [-0.05, 0) is 56.2 Å². The first-order valence-corrected chi connectivity index (χ1v) is 10.9. The number of anilines is 1. The Bertz CT molecular complexity index is 1110. The van der Waals surface area contributed by atoms with Crippen LogP contribution in [-0.2, 0) is 14.8 Å². The Morgan fingerprint density at radius 1 is 1.10 bits per heavy atom. The van der Waals surface area contributed by atoms with E-state index in [-0.39, 0.29) is 22.5 Å². The largest absolute Gasteiger partial charge is 0.355 e. The monoisotopic (exact) mass is 411 g/mol. The van der Waals surface area contributed by atoms with Crippen molar-refractivity contribution < 1.29 is 18.0 Å². The topological polar surface area (TPSA) is 95.9 Å². The Morgan fingerprint density at radius 2 is 1.83 bits per heavy atom. The number of ketones is 1. The van der Waals surface area contributed by atoms with Gasteiger partial charge >= 0.3 is 0 Å². The third kappa shape index (κ3) is 3.80. The van der Waals surface area contributed by atoms with E-state index in [1.807, 2.05) is 4.90 Å². The molecule has 0 bridgehead atoms. The number of nitrogens with one attached hydrogen (secondary N) is 1. The zero-order valence-corrected chi connectivity index (χ0v) is 16.8. The number of fused-ring (bicyclic) bond motifs is 1. The molecule has 1 saturated heterocycles. The van der Waals surface area contributed by atoms with Crippen LogP contribution in [0.4, 0.5) is 5.69 Å². The highest BCUT2D eigenvalue weighted by atomic mass is 32.2. The highest BCUT2D eigenvalue weighted by molar-refractivity contribution is 7.90. The fraction of sp³-hybridized carbons (Fsp3) is 0.286. The second kappa shape index (κ2) is 7.44. The molecule has 0 unspecified atom stereocenters. The van der Waals surface area contributed by atoms with Gasteiger partial charge in [-0.2, -0.15) is 8.42 Å². The molecule has 0 aliphatic carbocycles. The average Bonchev–Trinajstić information content (AvgIpc) is 3.00. The van der Waals surface area contributed by atoms with Crippen LogP contribution in [0.15, 0.2) is 57.8 Å². The molecule has 8 heteroatoms. The van der Waals surface area contributed by atoms with E-state index in [4.69, 9.17) is 0 Å². The van der Waals surface area contributed by atoms with Crippen LogP contribution in [0.1, 0.15) is 35.7 Å². The quantitative estimate of drug-likeness (QED) is 0.784. The zero-order chi connectivity index (χ0) is 20.6. The second-order valence-corrected chi connectivity index (χ2v) is 8.87. The molecule has 2 heterocycles. The van der Waals surface area contributed by atoms with E-state index in [1.54, 1.807) is 48.5 Å². The van der Waals surface area contributed by atoms with Crippen LogP contribution < -0.4 is 5.32 Å². The highest BCUT2D eigenvalue weighted by Gasteiger charge is 2.35. The zero-order valence-electron chi connectivity index (χ0n) is 16.0. The van der Waals surface area contributed by atoms with Crippen molar-refractivity contribution in [2.45, 2.75) is 24.7 Å². The van der Waals surface area contributed by atoms with Gasteiger partial charge in [-0.25, -0.2) is 0 Å². The van der Waals surface area contributed by atoms with Gasteiger partial charge in [0, 0.05) is 29.9 Å². The van der Waals surface area contributed by atoms with Crippen LogP contribution >= 0.6 is 0 Å². The molecule has 0 saturated carbocycles. The summed E-state index contributed by atoms with van der Waals surface area (Å²) in [5.74, 6) is -0.0169. The van der Waals surface area contributed by atoms with E-state index in [0.29, 0.717) is 35.7 Å². The molecule has 1 fully saturated rings. The second-order valence-electron chi connectivity index (χ2n) is 7.29. The number of hydrogen-bond acceptors (Lipinski definition) is 5. The van der Waals surface area contributed by atoms with Crippen molar-refractivity contribution >= 4 is 33.2 Å². The van der Waals surface area contributed by atoms with Gasteiger partial charge in [0.05, 0.1) is 5.92 Å². The SMILES string of the molecule is CC(=O)c1ccc(NC(=O)[C@@H]2CCCN(C3=NS(=O)(=O)c4ccccc43)C2)cc1. The number of amidine groups is 1. The lowest BCUT2D eigenvalue weighted by molar-refractivity contribution is -0.121. The van der Waals surface area contributed by atoms with Crippen molar-refractivity contribution in [3.63, 3.8) is 0 Å². The summed E-state index contributed by atoms with van der Waals surface area (Å²) in [5.41, 5.74) is 1.81. The fourth-order valence-electron chi connectivity index (χ4n) is 3.73. The first-order valence-electron chi connectivity index (χ1n) is 9.46. The summed E-state index contributed by atoms with van der Waals surface area (Å²) >= 11 is 0. The van der Waals surface area contributed by atoms with Gasteiger partial charge < -0.3 is 10.2 Å². The number of benzene rings is 2. The van der Waals surface area contributed by atoms with Crippen molar-refractivity contribution in [3.8, 4) is 0 Å². The van der Waals surface area contributed by atoms with Crippen LogP contribution in [-0.4, -0.2) is 43.9 Å². The van der Waals surface area contributed by atoms with Crippen LogP contribution in [0, 0.1) is 5.92 Å². The molecule has 0 aromatic heterocycles. The molecule has 1 atom stereocenters. The van der Waals surface area contributed by atoms with Gasteiger partial charge in [0.15, 0.2) is 11.6 Å². The molecule has 2 aromatic rings. The summed E-state index contributed by atoms with van der Waals surface area (Å²) in [6, 6.07) is 13.5. The van der Waals surface area contributed by atoms with E-state index in [9.17, 15) is 18.0 Å². The lowest BCUT2D eigenvalue weighted by Gasteiger charge is -2.33. The average molecular weight is 411 g/mol. The Kier molecular flexibility index (Phi) is 4.96. The van der Waals surface area contributed by atoms with E-state index in [1.165, 1.54) is 6.92 Å². The molecule has 1 amide bonds. The summed E-state index contributed by atoms with van der Waals surface area (Å²) in [6.45, 7) is 2.55. The maximum atomic E-state index is 12.8. The minimum Gasteiger partial charge on any atom is -0.355 e.